The molecule has 0 aliphatic rings. The molecule has 2 nitrogen and oxygen atoms in total. The molecule has 88 valence electrons. The lowest BCUT2D eigenvalue weighted by Crippen LogP contribution is -2.11. The summed E-state index contributed by atoms with van der Waals surface area (Å²) in [4.78, 5) is 0. The molecule has 1 aromatic carbocycles. The van der Waals surface area contributed by atoms with Crippen LogP contribution < -0.4 is 5.32 Å². The van der Waals surface area contributed by atoms with E-state index in [4.69, 9.17) is 4.74 Å². The van der Waals surface area contributed by atoms with Crippen molar-refractivity contribution in [2.24, 2.45) is 0 Å². The first kappa shape index (κ1) is 12.9. The van der Waals surface area contributed by atoms with Crippen LogP contribution in [-0.2, 0) is 17.9 Å². The van der Waals surface area contributed by atoms with Crippen LogP contribution >= 0.6 is 0 Å². The maximum atomic E-state index is 5.53. The van der Waals surface area contributed by atoms with E-state index in [1.807, 2.05) is 6.08 Å². The van der Waals surface area contributed by atoms with Crippen molar-refractivity contribution in [3.05, 3.63) is 48.0 Å². The third kappa shape index (κ3) is 5.10. The number of hydrogen-bond acceptors (Lipinski definition) is 2. The second kappa shape index (κ2) is 8.08. The van der Waals surface area contributed by atoms with E-state index in [1.54, 1.807) is 0 Å². The van der Waals surface area contributed by atoms with Crippen molar-refractivity contribution in [1.82, 2.24) is 5.32 Å². The highest BCUT2D eigenvalue weighted by Gasteiger charge is 1.96. The van der Waals surface area contributed by atoms with E-state index in [1.165, 1.54) is 11.1 Å². The normalized spacial score (nSPS) is 10.3. The quantitative estimate of drug-likeness (QED) is 0.536. The minimum absolute atomic E-state index is 0.688. The number of ether oxygens (including phenoxy) is 1. The monoisotopic (exact) mass is 219 g/mol. The van der Waals surface area contributed by atoms with Crippen LogP contribution in [0.25, 0.3) is 0 Å². The van der Waals surface area contributed by atoms with Crippen LogP contribution in [0.2, 0.25) is 0 Å². The van der Waals surface area contributed by atoms with E-state index in [-0.39, 0.29) is 0 Å². The lowest BCUT2D eigenvalue weighted by molar-refractivity contribution is 0.125. The average Bonchev–Trinajstić information content (AvgIpc) is 2.33. The van der Waals surface area contributed by atoms with Gasteiger partial charge in [-0.15, -0.1) is 6.58 Å². The fraction of sp³-hybridized carbons (Fsp3) is 0.429. The molecule has 0 saturated heterocycles. The molecule has 0 spiro atoms. The molecule has 0 unspecified atom stereocenters. The van der Waals surface area contributed by atoms with Crippen LogP contribution in [0.3, 0.4) is 0 Å². The molecule has 16 heavy (non-hydrogen) atoms. The highest BCUT2D eigenvalue weighted by atomic mass is 16.5. The first-order valence-corrected chi connectivity index (χ1v) is 5.84. The fourth-order valence-electron chi connectivity index (χ4n) is 1.46. The molecule has 0 radical (unpaired) electrons. The summed E-state index contributed by atoms with van der Waals surface area (Å²) in [5, 5.41) is 3.31. The predicted octanol–water partition coefficient (Wildman–Crippen LogP) is 2.89. The summed E-state index contributed by atoms with van der Waals surface area (Å²) in [6.07, 6.45) is 2.79. The molecule has 1 rings (SSSR count). The van der Waals surface area contributed by atoms with Gasteiger partial charge in [0.05, 0.1) is 13.2 Å². The maximum Gasteiger partial charge on any atom is 0.0717 e. The largest absolute Gasteiger partial charge is 0.376 e. The molecule has 0 aliphatic heterocycles. The number of nitrogens with one attached hydrogen (secondary N) is 1. The van der Waals surface area contributed by atoms with E-state index in [9.17, 15) is 0 Å². The van der Waals surface area contributed by atoms with Gasteiger partial charge in [0, 0.05) is 6.54 Å². The zero-order valence-electron chi connectivity index (χ0n) is 10.0. The van der Waals surface area contributed by atoms with Gasteiger partial charge in [-0.1, -0.05) is 37.3 Å². The molecule has 0 heterocycles. The summed E-state index contributed by atoms with van der Waals surface area (Å²) in [7, 11) is 0. The summed E-state index contributed by atoms with van der Waals surface area (Å²) in [6.45, 7) is 9.15. The van der Waals surface area contributed by atoms with Gasteiger partial charge in [-0.05, 0) is 24.1 Å². The molecule has 0 amide bonds. The van der Waals surface area contributed by atoms with Crippen LogP contribution in [0.15, 0.2) is 36.9 Å². The lowest BCUT2D eigenvalue weighted by Gasteiger charge is -2.06. The van der Waals surface area contributed by atoms with Gasteiger partial charge in [0.15, 0.2) is 0 Å². The lowest BCUT2D eigenvalue weighted by atomic mass is 10.1. The first-order chi connectivity index (χ1) is 7.86. The van der Waals surface area contributed by atoms with Gasteiger partial charge in [0.25, 0.3) is 0 Å². The molecule has 0 aliphatic carbocycles. The van der Waals surface area contributed by atoms with Gasteiger partial charge < -0.3 is 10.1 Å². The Kier molecular flexibility index (Phi) is 6.54. The van der Waals surface area contributed by atoms with Gasteiger partial charge in [-0.3, -0.25) is 0 Å². The van der Waals surface area contributed by atoms with E-state index < -0.39 is 0 Å². The molecule has 0 atom stereocenters. The van der Waals surface area contributed by atoms with Gasteiger partial charge >= 0.3 is 0 Å². The predicted molar refractivity (Wildman–Crippen MR) is 68.3 cm³/mol. The molecular formula is C14H21NO. The summed E-state index contributed by atoms with van der Waals surface area (Å²) >= 11 is 0. The molecular weight excluding hydrogens is 198 g/mol. The Balaban J connectivity index is 2.37. The molecule has 1 N–H and O–H groups in total. The van der Waals surface area contributed by atoms with Gasteiger partial charge in [0.1, 0.15) is 0 Å². The van der Waals surface area contributed by atoms with Gasteiger partial charge in [-0.2, -0.15) is 0 Å². The average molecular weight is 219 g/mol. The van der Waals surface area contributed by atoms with Crippen LogP contribution in [-0.4, -0.2) is 13.2 Å². The van der Waals surface area contributed by atoms with Crippen molar-refractivity contribution >= 4 is 0 Å². The maximum absolute atomic E-state index is 5.53. The van der Waals surface area contributed by atoms with Crippen molar-refractivity contribution in [2.75, 3.05) is 13.2 Å². The van der Waals surface area contributed by atoms with E-state index >= 15 is 0 Å². The Bertz CT molecular complexity index is 309. The van der Waals surface area contributed by atoms with Crippen molar-refractivity contribution < 1.29 is 4.74 Å². The summed E-state index contributed by atoms with van der Waals surface area (Å²) in [6, 6.07) is 8.51. The Morgan fingerprint density at radius 2 is 2.19 bits per heavy atom. The van der Waals surface area contributed by atoms with Crippen molar-refractivity contribution in [3.63, 3.8) is 0 Å². The van der Waals surface area contributed by atoms with Gasteiger partial charge in [0.2, 0.25) is 0 Å². The van der Waals surface area contributed by atoms with Gasteiger partial charge in [-0.25, -0.2) is 0 Å². The molecule has 0 fully saturated rings. The molecule has 0 aromatic heterocycles. The van der Waals surface area contributed by atoms with Crippen molar-refractivity contribution in [2.45, 2.75) is 26.5 Å². The second-order valence-electron chi connectivity index (χ2n) is 3.73. The molecule has 1 aromatic rings. The minimum atomic E-state index is 0.688. The third-order valence-corrected chi connectivity index (χ3v) is 2.31. The number of hydrogen-bond donors (Lipinski definition) is 1. The Morgan fingerprint density at radius 3 is 2.94 bits per heavy atom. The second-order valence-corrected chi connectivity index (χ2v) is 3.73. The molecule has 2 heteroatoms. The third-order valence-electron chi connectivity index (χ3n) is 2.31. The SMILES string of the molecule is C=CCCOCc1cccc(CNCC)c1. The van der Waals surface area contributed by atoms with Crippen LogP contribution in [0.4, 0.5) is 0 Å². The van der Waals surface area contributed by atoms with Crippen molar-refractivity contribution in [3.8, 4) is 0 Å². The molecule has 0 bridgehead atoms. The summed E-state index contributed by atoms with van der Waals surface area (Å²) < 4.78 is 5.53. The Labute approximate surface area is 98.3 Å². The highest BCUT2D eigenvalue weighted by Crippen LogP contribution is 2.06. The Hall–Kier alpha value is -1.12. The van der Waals surface area contributed by atoms with Crippen LogP contribution in [0, 0.1) is 0 Å². The zero-order valence-corrected chi connectivity index (χ0v) is 10.0. The first-order valence-electron chi connectivity index (χ1n) is 5.84. The smallest absolute Gasteiger partial charge is 0.0717 e. The summed E-state index contributed by atoms with van der Waals surface area (Å²) in [5.74, 6) is 0. The number of rotatable bonds is 8. The van der Waals surface area contributed by atoms with Crippen LogP contribution in [0.1, 0.15) is 24.5 Å². The highest BCUT2D eigenvalue weighted by molar-refractivity contribution is 5.22. The number of benzene rings is 1. The van der Waals surface area contributed by atoms with E-state index in [0.717, 1.165) is 26.1 Å². The van der Waals surface area contributed by atoms with Crippen molar-refractivity contribution in [1.29, 1.82) is 0 Å². The van der Waals surface area contributed by atoms with Crippen LogP contribution in [0.5, 0.6) is 0 Å². The van der Waals surface area contributed by atoms with E-state index in [2.05, 4.69) is 43.1 Å². The minimum Gasteiger partial charge on any atom is -0.376 e. The zero-order chi connectivity index (χ0) is 11.6. The molecule has 0 saturated carbocycles. The topological polar surface area (TPSA) is 21.3 Å². The van der Waals surface area contributed by atoms with E-state index in [0.29, 0.717) is 6.61 Å². The Morgan fingerprint density at radius 1 is 1.38 bits per heavy atom. The standard InChI is InChI=1S/C14H21NO/c1-3-5-9-16-12-14-8-6-7-13(10-14)11-15-4-2/h3,6-8,10,15H,1,4-5,9,11-12H2,2H3. The summed E-state index contributed by atoms with van der Waals surface area (Å²) in [5.41, 5.74) is 2.55. The fourth-order valence-corrected chi connectivity index (χ4v) is 1.46.